The highest BCUT2D eigenvalue weighted by atomic mass is 127. The fraction of sp³-hybridized carbons (Fsp3) is 0.556. The first kappa shape index (κ1) is 10.7. The molecule has 0 bridgehead atoms. The Morgan fingerprint density at radius 2 is 2.54 bits per heavy atom. The van der Waals surface area contributed by atoms with Crippen molar-refractivity contribution in [3.8, 4) is 0 Å². The first-order chi connectivity index (χ1) is 6.24. The standard InChI is InChI=1S/C9H14IN3/c1-8(10)4-5-9(11-2)13-7-3-6-12-13/h4-6,8H,3,7H2,1-2H3/b5-4-,11-9+. The van der Waals surface area contributed by atoms with E-state index in [4.69, 9.17) is 0 Å². The van der Waals surface area contributed by atoms with Crippen molar-refractivity contribution < 1.29 is 0 Å². The van der Waals surface area contributed by atoms with Gasteiger partial charge in [0.1, 0.15) is 5.84 Å². The molecule has 0 saturated carbocycles. The number of hydrazone groups is 1. The highest BCUT2D eigenvalue weighted by Gasteiger charge is 2.09. The van der Waals surface area contributed by atoms with E-state index in [1.165, 1.54) is 0 Å². The molecular weight excluding hydrogens is 277 g/mol. The summed E-state index contributed by atoms with van der Waals surface area (Å²) in [4.78, 5) is 4.18. The molecule has 0 saturated heterocycles. The van der Waals surface area contributed by atoms with Gasteiger partial charge in [-0.1, -0.05) is 28.7 Å². The number of alkyl halides is 1. The van der Waals surface area contributed by atoms with Gasteiger partial charge in [-0.25, -0.2) is 5.01 Å². The van der Waals surface area contributed by atoms with Gasteiger partial charge in [0.2, 0.25) is 0 Å². The molecule has 0 amide bonds. The Morgan fingerprint density at radius 3 is 3.00 bits per heavy atom. The average molecular weight is 291 g/mol. The van der Waals surface area contributed by atoms with Crippen molar-refractivity contribution in [2.75, 3.05) is 13.6 Å². The average Bonchev–Trinajstić information content (AvgIpc) is 2.58. The van der Waals surface area contributed by atoms with Crippen molar-refractivity contribution in [2.24, 2.45) is 10.1 Å². The van der Waals surface area contributed by atoms with Gasteiger partial charge in [0.05, 0.1) is 0 Å². The summed E-state index contributed by atoms with van der Waals surface area (Å²) >= 11 is 2.36. The molecule has 72 valence electrons. The van der Waals surface area contributed by atoms with E-state index in [1.807, 2.05) is 17.3 Å². The Bertz CT molecular complexity index is 243. The van der Waals surface area contributed by atoms with Crippen LogP contribution in [0, 0.1) is 0 Å². The van der Waals surface area contributed by atoms with Crippen LogP contribution < -0.4 is 0 Å². The lowest BCUT2D eigenvalue weighted by Gasteiger charge is -2.12. The monoisotopic (exact) mass is 291 g/mol. The van der Waals surface area contributed by atoms with Crippen molar-refractivity contribution in [3.63, 3.8) is 0 Å². The Morgan fingerprint density at radius 1 is 1.77 bits per heavy atom. The van der Waals surface area contributed by atoms with Crippen molar-refractivity contribution in [1.29, 1.82) is 0 Å². The Hall–Kier alpha value is -0.390. The highest BCUT2D eigenvalue weighted by Crippen LogP contribution is 2.05. The summed E-state index contributed by atoms with van der Waals surface area (Å²) in [6, 6.07) is 0. The predicted octanol–water partition coefficient (Wildman–Crippen LogP) is 2.09. The van der Waals surface area contributed by atoms with E-state index in [-0.39, 0.29) is 0 Å². The summed E-state index contributed by atoms with van der Waals surface area (Å²) < 4.78 is 0.529. The van der Waals surface area contributed by atoms with E-state index in [0.717, 1.165) is 18.8 Å². The van der Waals surface area contributed by atoms with Gasteiger partial charge in [-0.2, -0.15) is 5.10 Å². The second-order valence-corrected chi connectivity index (χ2v) is 4.79. The number of allylic oxidation sites excluding steroid dienone is 1. The van der Waals surface area contributed by atoms with Crippen LogP contribution in [0.4, 0.5) is 0 Å². The molecular formula is C9H14IN3. The minimum atomic E-state index is 0.529. The minimum Gasteiger partial charge on any atom is -0.270 e. The summed E-state index contributed by atoms with van der Waals surface area (Å²) in [5, 5.41) is 6.13. The fourth-order valence-electron chi connectivity index (χ4n) is 1.06. The molecule has 0 aromatic heterocycles. The number of amidine groups is 1. The normalized spacial score (nSPS) is 20.2. The maximum absolute atomic E-state index is 4.21. The zero-order chi connectivity index (χ0) is 9.68. The SMILES string of the molecule is C/N=C(\C=C/C(C)I)N1CCC=N1. The van der Waals surface area contributed by atoms with Crippen LogP contribution >= 0.6 is 22.6 Å². The molecule has 1 aliphatic heterocycles. The largest absolute Gasteiger partial charge is 0.270 e. The molecule has 0 aliphatic carbocycles. The lowest BCUT2D eigenvalue weighted by Crippen LogP contribution is -2.21. The van der Waals surface area contributed by atoms with Crippen LogP contribution in [0.1, 0.15) is 13.3 Å². The van der Waals surface area contributed by atoms with Gasteiger partial charge >= 0.3 is 0 Å². The van der Waals surface area contributed by atoms with Gasteiger partial charge in [0.15, 0.2) is 0 Å². The number of aliphatic imine (C=N–C) groups is 1. The predicted molar refractivity (Wildman–Crippen MR) is 65.8 cm³/mol. The van der Waals surface area contributed by atoms with Crippen LogP contribution in [0.25, 0.3) is 0 Å². The zero-order valence-corrected chi connectivity index (χ0v) is 10.1. The van der Waals surface area contributed by atoms with E-state index in [2.05, 4.69) is 45.7 Å². The van der Waals surface area contributed by atoms with Crippen molar-refractivity contribution >= 4 is 34.6 Å². The molecule has 0 spiro atoms. The molecule has 0 radical (unpaired) electrons. The number of hydrogen-bond acceptors (Lipinski definition) is 2. The third kappa shape index (κ3) is 3.46. The molecule has 0 N–H and O–H groups in total. The van der Waals surface area contributed by atoms with Gasteiger partial charge in [-0.15, -0.1) is 0 Å². The first-order valence-corrected chi connectivity index (χ1v) is 5.57. The van der Waals surface area contributed by atoms with E-state index in [0.29, 0.717) is 3.92 Å². The van der Waals surface area contributed by atoms with Crippen LogP contribution in [0.3, 0.4) is 0 Å². The molecule has 1 aliphatic rings. The molecule has 1 heterocycles. The van der Waals surface area contributed by atoms with Gasteiger partial charge in [-0.3, -0.25) is 4.99 Å². The highest BCUT2D eigenvalue weighted by molar-refractivity contribution is 14.1. The minimum absolute atomic E-state index is 0.529. The van der Waals surface area contributed by atoms with Gasteiger partial charge in [0.25, 0.3) is 0 Å². The third-order valence-corrected chi connectivity index (χ3v) is 2.11. The van der Waals surface area contributed by atoms with Crippen LogP contribution in [-0.4, -0.2) is 34.6 Å². The molecule has 1 rings (SSSR count). The molecule has 1 unspecified atom stereocenters. The van der Waals surface area contributed by atoms with Crippen LogP contribution in [0.15, 0.2) is 22.2 Å². The lowest BCUT2D eigenvalue weighted by molar-refractivity contribution is 0.493. The van der Waals surface area contributed by atoms with Gasteiger partial charge in [0, 0.05) is 30.2 Å². The van der Waals surface area contributed by atoms with Gasteiger partial charge < -0.3 is 0 Å². The first-order valence-electron chi connectivity index (χ1n) is 4.33. The second kappa shape index (κ2) is 5.36. The van der Waals surface area contributed by atoms with E-state index < -0.39 is 0 Å². The number of hydrogen-bond donors (Lipinski definition) is 0. The molecule has 1 atom stereocenters. The molecule has 0 aromatic carbocycles. The second-order valence-electron chi connectivity index (χ2n) is 2.83. The number of nitrogens with zero attached hydrogens (tertiary/aromatic N) is 3. The maximum Gasteiger partial charge on any atom is 0.143 e. The van der Waals surface area contributed by atoms with Gasteiger partial charge in [-0.05, 0) is 13.0 Å². The lowest BCUT2D eigenvalue weighted by atomic mass is 10.4. The molecule has 0 fully saturated rings. The molecule has 13 heavy (non-hydrogen) atoms. The van der Waals surface area contributed by atoms with E-state index in [1.54, 1.807) is 7.05 Å². The number of rotatable bonds is 2. The molecule has 0 aromatic rings. The molecule has 3 nitrogen and oxygen atoms in total. The number of halogens is 1. The topological polar surface area (TPSA) is 28.0 Å². The van der Waals surface area contributed by atoms with Crippen molar-refractivity contribution in [3.05, 3.63) is 12.2 Å². The summed E-state index contributed by atoms with van der Waals surface area (Å²) in [6.45, 7) is 3.09. The summed E-state index contributed by atoms with van der Waals surface area (Å²) in [6.07, 6.45) is 7.09. The third-order valence-electron chi connectivity index (χ3n) is 1.70. The fourth-order valence-corrected chi connectivity index (χ4v) is 1.27. The summed E-state index contributed by atoms with van der Waals surface area (Å²) in [5.41, 5.74) is 0. The maximum atomic E-state index is 4.21. The Balaban J connectivity index is 2.58. The summed E-state index contributed by atoms with van der Waals surface area (Å²) in [7, 11) is 1.80. The Labute approximate surface area is 92.7 Å². The smallest absolute Gasteiger partial charge is 0.143 e. The van der Waals surface area contributed by atoms with E-state index >= 15 is 0 Å². The van der Waals surface area contributed by atoms with Crippen molar-refractivity contribution in [1.82, 2.24) is 5.01 Å². The zero-order valence-electron chi connectivity index (χ0n) is 7.94. The van der Waals surface area contributed by atoms with E-state index in [9.17, 15) is 0 Å². The summed E-state index contributed by atoms with van der Waals surface area (Å²) in [5.74, 6) is 0.942. The molecule has 4 heteroatoms. The van der Waals surface area contributed by atoms with Crippen LogP contribution in [0.5, 0.6) is 0 Å². The van der Waals surface area contributed by atoms with Crippen LogP contribution in [0.2, 0.25) is 0 Å². The quantitative estimate of drug-likeness (QED) is 0.331. The van der Waals surface area contributed by atoms with Crippen molar-refractivity contribution in [2.45, 2.75) is 17.3 Å². The van der Waals surface area contributed by atoms with Crippen LogP contribution in [-0.2, 0) is 0 Å². The Kier molecular flexibility index (Phi) is 4.41.